The van der Waals surface area contributed by atoms with Crippen LogP contribution in [0.25, 0.3) is 0 Å². The fourth-order valence-corrected chi connectivity index (χ4v) is 2.34. The molecule has 0 unspecified atom stereocenters. The van der Waals surface area contributed by atoms with E-state index in [2.05, 4.69) is 23.0 Å². The molecule has 0 aliphatic carbocycles. The first kappa shape index (κ1) is 11.2. The molecule has 0 saturated carbocycles. The molecule has 0 saturated heterocycles. The second-order valence-corrected chi connectivity index (χ2v) is 4.80. The molecule has 0 aliphatic rings. The largest absolute Gasteiger partial charge is 0.347 e. The standard InChI is InChI=1S/C10H11N3OS2/c1-13-5-7(4-12-13)3-11-10(14)9-2-8(15)6-16-9/h2,4-6,15H,3H2,1H3,(H,11,14). The number of rotatable bonds is 3. The van der Waals surface area contributed by atoms with Gasteiger partial charge in [0.25, 0.3) is 5.91 Å². The molecule has 1 amide bonds. The first-order valence-electron chi connectivity index (χ1n) is 4.68. The van der Waals surface area contributed by atoms with Crippen LogP contribution in [0.4, 0.5) is 0 Å². The van der Waals surface area contributed by atoms with Gasteiger partial charge in [-0.2, -0.15) is 5.10 Å². The first-order chi connectivity index (χ1) is 7.65. The van der Waals surface area contributed by atoms with E-state index in [4.69, 9.17) is 0 Å². The van der Waals surface area contributed by atoms with Crippen LogP contribution in [0.15, 0.2) is 28.7 Å². The quantitative estimate of drug-likeness (QED) is 0.818. The van der Waals surface area contributed by atoms with E-state index in [9.17, 15) is 4.79 Å². The molecule has 2 aromatic heterocycles. The summed E-state index contributed by atoms with van der Waals surface area (Å²) in [5.41, 5.74) is 0.985. The van der Waals surface area contributed by atoms with E-state index in [1.165, 1.54) is 11.3 Å². The summed E-state index contributed by atoms with van der Waals surface area (Å²) in [4.78, 5) is 13.2. The van der Waals surface area contributed by atoms with Crippen molar-refractivity contribution in [3.8, 4) is 0 Å². The van der Waals surface area contributed by atoms with Gasteiger partial charge in [0.05, 0.1) is 11.1 Å². The van der Waals surface area contributed by atoms with Gasteiger partial charge in [0.2, 0.25) is 0 Å². The highest BCUT2D eigenvalue weighted by Gasteiger charge is 2.07. The van der Waals surface area contributed by atoms with E-state index in [0.717, 1.165) is 10.5 Å². The summed E-state index contributed by atoms with van der Waals surface area (Å²) in [6.45, 7) is 0.493. The van der Waals surface area contributed by atoms with Crippen molar-refractivity contribution < 1.29 is 4.79 Å². The number of nitrogens with zero attached hydrogens (tertiary/aromatic N) is 2. The minimum absolute atomic E-state index is 0.0749. The molecule has 0 atom stereocenters. The van der Waals surface area contributed by atoms with Crippen molar-refractivity contribution in [3.05, 3.63) is 34.3 Å². The molecule has 0 aliphatic heterocycles. The summed E-state index contributed by atoms with van der Waals surface area (Å²) in [7, 11) is 1.85. The van der Waals surface area contributed by atoms with Crippen molar-refractivity contribution >= 4 is 29.9 Å². The normalized spacial score (nSPS) is 10.4. The lowest BCUT2D eigenvalue weighted by atomic mass is 10.3. The molecule has 6 heteroatoms. The van der Waals surface area contributed by atoms with Crippen LogP contribution in [-0.4, -0.2) is 15.7 Å². The van der Waals surface area contributed by atoms with Gasteiger partial charge in [-0.05, 0) is 6.07 Å². The Morgan fingerprint density at radius 1 is 1.69 bits per heavy atom. The zero-order chi connectivity index (χ0) is 11.5. The lowest BCUT2D eigenvalue weighted by Gasteiger charge is -2.00. The molecule has 0 radical (unpaired) electrons. The smallest absolute Gasteiger partial charge is 0.261 e. The average Bonchev–Trinajstić information content (AvgIpc) is 2.84. The number of hydrogen-bond donors (Lipinski definition) is 2. The molecule has 2 heterocycles. The fourth-order valence-electron chi connectivity index (χ4n) is 1.28. The Hall–Kier alpha value is -1.27. The highest BCUT2D eigenvalue weighted by Crippen LogP contribution is 2.17. The van der Waals surface area contributed by atoms with Crippen molar-refractivity contribution in [2.45, 2.75) is 11.4 Å². The van der Waals surface area contributed by atoms with Gasteiger partial charge in [0.1, 0.15) is 0 Å². The molecule has 0 bridgehead atoms. The maximum absolute atomic E-state index is 11.7. The van der Waals surface area contributed by atoms with Crippen molar-refractivity contribution in [3.63, 3.8) is 0 Å². The molecule has 84 valence electrons. The predicted octanol–water partition coefficient (Wildman–Crippen LogP) is 1.70. The zero-order valence-corrected chi connectivity index (χ0v) is 10.4. The Balaban J connectivity index is 1.93. The minimum atomic E-state index is -0.0749. The summed E-state index contributed by atoms with van der Waals surface area (Å²) in [6.07, 6.45) is 3.61. The van der Waals surface area contributed by atoms with Crippen molar-refractivity contribution in [1.82, 2.24) is 15.1 Å². The van der Waals surface area contributed by atoms with E-state index in [0.29, 0.717) is 11.4 Å². The van der Waals surface area contributed by atoms with E-state index in [1.54, 1.807) is 16.9 Å². The number of amides is 1. The number of hydrogen-bond acceptors (Lipinski definition) is 4. The summed E-state index contributed by atoms with van der Waals surface area (Å²) >= 11 is 5.55. The third-order valence-electron chi connectivity index (χ3n) is 2.02. The number of carbonyl (C=O) groups excluding carboxylic acids is 1. The van der Waals surface area contributed by atoms with Crippen LogP contribution in [0.1, 0.15) is 15.2 Å². The molecular formula is C10H11N3OS2. The van der Waals surface area contributed by atoms with E-state index < -0.39 is 0 Å². The SMILES string of the molecule is Cn1cc(CNC(=O)c2cc(S)cs2)cn1. The van der Waals surface area contributed by atoms with Crippen LogP contribution in [0.5, 0.6) is 0 Å². The second-order valence-electron chi connectivity index (χ2n) is 3.37. The lowest BCUT2D eigenvalue weighted by Crippen LogP contribution is -2.21. The zero-order valence-electron chi connectivity index (χ0n) is 8.67. The molecule has 4 nitrogen and oxygen atoms in total. The van der Waals surface area contributed by atoms with E-state index in [-0.39, 0.29) is 5.91 Å². The Morgan fingerprint density at radius 2 is 2.50 bits per heavy atom. The molecule has 0 spiro atoms. The topological polar surface area (TPSA) is 46.9 Å². The van der Waals surface area contributed by atoms with Crippen LogP contribution in [0.2, 0.25) is 0 Å². The van der Waals surface area contributed by atoms with Gasteiger partial charge in [-0.1, -0.05) is 0 Å². The van der Waals surface area contributed by atoms with Gasteiger partial charge < -0.3 is 5.32 Å². The van der Waals surface area contributed by atoms with Gasteiger partial charge in [-0.15, -0.1) is 24.0 Å². The second kappa shape index (κ2) is 4.71. The van der Waals surface area contributed by atoms with Crippen LogP contribution >= 0.6 is 24.0 Å². The molecule has 0 fully saturated rings. The Labute approximate surface area is 103 Å². The highest BCUT2D eigenvalue weighted by molar-refractivity contribution is 7.80. The predicted molar refractivity (Wildman–Crippen MR) is 65.9 cm³/mol. The van der Waals surface area contributed by atoms with Crippen LogP contribution in [0, 0.1) is 0 Å². The fraction of sp³-hybridized carbons (Fsp3) is 0.200. The monoisotopic (exact) mass is 253 g/mol. The minimum Gasteiger partial charge on any atom is -0.347 e. The number of thiol groups is 1. The van der Waals surface area contributed by atoms with Crippen molar-refractivity contribution in [2.24, 2.45) is 7.05 Å². The summed E-state index contributed by atoms with van der Waals surface area (Å²) in [5, 5.41) is 8.69. The molecule has 16 heavy (non-hydrogen) atoms. The van der Waals surface area contributed by atoms with Crippen LogP contribution < -0.4 is 5.32 Å². The Kier molecular flexibility index (Phi) is 3.31. The average molecular weight is 253 g/mol. The summed E-state index contributed by atoms with van der Waals surface area (Å²) in [6, 6.07) is 1.76. The number of nitrogens with one attached hydrogen (secondary N) is 1. The molecule has 1 N–H and O–H groups in total. The number of thiophene rings is 1. The third kappa shape index (κ3) is 2.65. The van der Waals surface area contributed by atoms with Crippen LogP contribution in [-0.2, 0) is 13.6 Å². The van der Waals surface area contributed by atoms with Crippen LogP contribution in [0.3, 0.4) is 0 Å². The van der Waals surface area contributed by atoms with Gasteiger partial charge in [-0.3, -0.25) is 9.48 Å². The van der Waals surface area contributed by atoms with E-state index >= 15 is 0 Å². The number of carbonyl (C=O) groups is 1. The van der Waals surface area contributed by atoms with Gasteiger partial charge in [0.15, 0.2) is 0 Å². The lowest BCUT2D eigenvalue weighted by molar-refractivity contribution is 0.0955. The molecule has 0 aromatic carbocycles. The van der Waals surface area contributed by atoms with Gasteiger partial charge in [-0.25, -0.2) is 0 Å². The molecular weight excluding hydrogens is 242 g/mol. The molecule has 2 aromatic rings. The maximum atomic E-state index is 11.7. The van der Waals surface area contributed by atoms with Crippen molar-refractivity contribution in [1.29, 1.82) is 0 Å². The highest BCUT2D eigenvalue weighted by atomic mass is 32.1. The Bertz CT molecular complexity index is 504. The van der Waals surface area contributed by atoms with Gasteiger partial charge in [0, 0.05) is 35.6 Å². The maximum Gasteiger partial charge on any atom is 0.261 e. The van der Waals surface area contributed by atoms with E-state index in [1.807, 2.05) is 18.6 Å². The molecule has 2 rings (SSSR count). The first-order valence-corrected chi connectivity index (χ1v) is 6.01. The summed E-state index contributed by atoms with van der Waals surface area (Å²) in [5.74, 6) is -0.0749. The third-order valence-corrected chi connectivity index (χ3v) is 3.38. The number of aryl methyl sites for hydroxylation is 1. The van der Waals surface area contributed by atoms with Gasteiger partial charge >= 0.3 is 0 Å². The summed E-state index contributed by atoms with van der Waals surface area (Å²) < 4.78 is 1.71. The Morgan fingerprint density at radius 3 is 3.06 bits per heavy atom. The van der Waals surface area contributed by atoms with Crippen molar-refractivity contribution in [2.75, 3.05) is 0 Å². The number of aromatic nitrogens is 2.